The molecule has 0 saturated carbocycles. The minimum atomic E-state index is -3.43. The first-order chi connectivity index (χ1) is 8.94. The van der Waals surface area contributed by atoms with Gasteiger partial charge in [-0.2, -0.15) is 0 Å². The summed E-state index contributed by atoms with van der Waals surface area (Å²) >= 11 is 5.99. The van der Waals surface area contributed by atoms with Crippen LogP contribution in [0.1, 0.15) is 5.56 Å². The lowest BCUT2D eigenvalue weighted by Gasteiger charge is -2.09. The number of hydrogen-bond acceptors (Lipinski definition) is 2. The fraction of sp³-hybridized carbons (Fsp3) is 0.143. The van der Waals surface area contributed by atoms with Crippen molar-refractivity contribution < 1.29 is 8.42 Å². The molecule has 1 N–H and O–H groups in total. The largest absolute Gasteiger partial charge is 0.240 e. The Kier molecular flexibility index (Phi) is 3.94. The van der Waals surface area contributed by atoms with Gasteiger partial charge in [0.25, 0.3) is 0 Å². The predicted octanol–water partition coefficient (Wildman–Crippen LogP) is 3.22. The first kappa shape index (κ1) is 14.1. The second-order valence-corrected chi connectivity index (χ2v) is 6.52. The highest BCUT2D eigenvalue weighted by atomic mass is 35.5. The highest BCUT2D eigenvalue weighted by molar-refractivity contribution is 7.89. The maximum Gasteiger partial charge on any atom is 0.240 e. The number of rotatable bonds is 3. The smallest absolute Gasteiger partial charge is 0.214 e. The Morgan fingerprint density at radius 2 is 1.84 bits per heavy atom. The molecule has 0 heterocycles. The van der Waals surface area contributed by atoms with Gasteiger partial charge < -0.3 is 0 Å². The van der Waals surface area contributed by atoms with E-state index in [4.69, 9.17) is 11.6 Å². The van der Waals surface area contributed by atoms with Crippen molar-refractivity contribution in [1.29, 1.82) is 0 Å². The van der Waals surface area contributed by atoms with Crippen molar-refractivity contribution in [3.05, 3.63) is 53.1 Å². The monoisotopic (exact) mass is 295 g/mol. The van der Waals surface area contributed by atoms with Gasteiger partial charge in [0.05, 0.1) is 4.90 Å². The lowest BCUT2D eigenvalue weighted by Crippen LogP contribution is -2.18. The van der Waals surface area contributed by atoms with Gasteiger partial charge in [-0.15, -0.1) is 0 Å². The Morgan fingerprint density at radius 3 is 2.53 bits per heavy atom. The van der Waals surface area contributed by atoms with Gasteiger partial charge >= 0.3 is 0 Å². The second kappa shape index (κ2) is 5.33. The van der Waals surface area contributed by atoms with Gasteiger partial charge in [-0.1, -0.05) is 29.8 Å². The van der Waals surface area contributed by atoms with Crippen LogP contribution in [0.5, 0.6) is 0 Å². The molecule has 0 bridgehead atoms. The highest BCUT2D eigenvalue weighted by Crippen LogP contribution is 2.28. The summed E-state index contributed by atoms with van der Waals surface area (Å²) < 4.78 is 25.9. The molecule has 0 saturated heterocycles. The molecular formula is C14H14ClNO2S. The summed E-state index contributed by atoms with van der Waals surface area (Å²) in [4.78, 5) is 0.242. The van der Waals surface area contributed by atoms with E-state index in [2.05, 4.69) is 4.72 Å². The molecule has 2 aromatic carbocycles. The van der Waals surface area contributed by atoms with E-state index in [0.717, 1.165) is 16.7 Å². The topological polar surface area (TPSA) is 46.2 Å². The summed E-state index contributed by atoms with van der Waals surface area (Å²) in [6, 6.07) is 12.4. The fourth-order valence-corrected chi connectivity index (χ4v) is 2.80. The van der Waals surface area contributed by atoms with Crippen molar-refractivity contribution in [2.24, 2.45) is 0 Å². The van der Waals surface area contributed by atoms with Gasteiger partial charge in [0.1, 0.15) is 0 Å². The quantitative estimate of drug-likeness (QED) is 0.945. The number of halogens is 1. The predicted molar refractivity (Wildman–Crippen MR) is 77.9 cm³/mol. The summed E-state index contributed by atoms with van der Waals surface area (Å²) in [6.45, 7) is 1.96. The Bertz CT molecular complexity index is 711. The maximum absolute atomic E-state index is 11.8. The first-order valence-corrected chi connectivity index (χ1v) is 7.60. The van der Waals surface area contributed by atoms with Crippen LogP contribution in [0.3, 0.4) is 0 Å². The van der Waals surface area contributed by atoms with E-state index in [1.165, 1.54) is 7.05 Å². The van der Waals surface area contributed by atoms with Crippen molar-refractivity contribution in [3.63, 3.8) is 0 Å². The van der Waals surface area contributed by atoms with Crippen LogP contribution < -0.4 is 4.72 Å². The van der Waals surface area contributed by atoms with Gasteiger partial charge in [-0.3, -0.25) is 0 Å². The van der Waals surface area contributed by atoms with Gasteiger partial charge in [0.2, 0.25) is 10.0 Å². The van der Waals surface area contributed by atoms with Crippen LogP contribution >= 0.6 is 11.6 Å². The number of nitrogens with one attached hydrogen (secondary N) is 1. The van der Waals surface area contributed by atoms with Crippen LogP contribution in [-0.2, 0) is 10.0 Å². The number of sulfonamides is 1. The molecule has 0 fully saturated rings. The van der Waals surface area contributed by atoms with Crippen molar-refractivity contribution in [2.45, 2.75) is 11.8 Å². The summed E-state index contributed by atoms with van der Waals surface area (Å²) in [5.41, 5.74) is 2.81. The van der Waals surface area contributed by atoms with E-state index < -0.39 is 10.0 Å². The van der Waals surface area contributed by atoms with Crippen LogP contribution in [0.25, 0.3) is 11.1 Å². The summed E-state index contributed by atoms with van der Waals surface area (Å²) in [5, 5.41) is 0.627. The van der Waals surface area contributed by atoms with E-state index in [9.17, 15) is 8.42 Å². The number of benzene rings is 2. The van der Waals surface area contributed by atoms with Crippen LogP contribution in [0.2, 0.25) is 5.02 Å². The molecule has 0 aliphatic rings. The summed E-state index contributed by atoms with van der Waals surface area (Å²) in [5.74, 6) is 0. The van der Waals surface area contributed by atoms with Crippen LogP contribution in [-0.4, -0.2) is 15.5 Å². The molecule has 0 atom stereocenters. The normalized spacial score (nSPS) is 11.5. The molecule has 0 radical (unpaired) electrons. The van der Waals surface area contributed by atoms with E-state index >= 15 is 0 Å². The Labute approximate surface area is 118 Å². The zero-order valence-electron chi connectivity index (χ0n) is 10.6. The minimum absolute atomic E-state index is 0.242. The van der Waals surface area contributed by atoms with Gasteiger partial charge in [-0.05, 0) is 54.9 Å². The first-order valence-electron chi connectivity index (χ1n) is 5.74. The van der Waals surface area contributed by atoms with Gasteiger partial charge in [0, 0.05) is 5.02 Å². The zero-order chi connectivity index (χ0) is 14.0. The molecule has 100 valence electrons. The van der Waals surface area contributed by atoms with Crippen molar-refractivity contribution >= 4 is 21.6 Å². The molecule has 0 spiro atoms. The molecule has 0 amide bonds. The van der Waals surface area contributed by atoms with E-state index in [-0.39, 0.29) is 4.90 Å². The summed E-state index contributed by atoms with van der Waals surface area (Å²) in [6.07, 6.45) is 0. The third-order valence-corrected chi connectivity index (χ3v) is 4.57. The minimum Gasteiger partial charge on any atom is -0.214 e. The lowest BCUT2D eigenvalue weighted by atomic mass is 10.0. The average Bonchev–Trinajstić information content (AvgIpc) is 2.41. The zero-order valence-corrected chi connectivity index (χ0v) is 12.2. The third kappa shape index (κ3) is 2.97. The number of hydrogen-bond donors (Lipinski definition) is 1. The molecule has 0 aromatic heterocycles. The van der Waals surface area contributed by atoms with E-state index in [1.807, 2.05) is 31.2 Å². The Balaban J connectivity index is 2.59. The molecule has 0 unspecified atom stereocenters. The second-order valence-electron chi connectivity index (χ2n) is 4.19. The number of aryl methyl sites for hydroxylation is 1. The molecule has 5 heteroatoms. The van der Waals surface area contributed by atoms with Crippen LogP contribution in [0.4, 0.5) is 0 Å². The Hall–Kier alpha value is -1.36. The molecule has 2 aromatic rings. The van der Waals surface area contributed by atoms with Crippen LogP contribution in [0, 0.1) is 6.92 Å². The summed E-state index contributed by atoms with van der Waals surface area (Å²) in [7, 11) is -2.04. The van der Waals surface area contributed by atoms with E-state index in [0.29, 0.717) is 5.02 Å². The van der Waals surface area contributed by atoms with Crippen LogP contribution in [0.15, 0.2) is 47.4 Å². The molecule has 2 rings (SSSR count). The molecular weight excluding hydrogens is 282 g/mol. The molecule has 0 aliphatic heterocycles. The third-order valence-electron chi connectivity index (χ3n) is 2.92. The van der Waals surface area contributed by atoms with Crippen molar-refractivity contribution in [3.8, 4) is 11.1 Å². The molecule has 3 nitrogen and oxygen atoms in total. The van der Waals surface area contributed by atoms with Crippen molar-refractivity contribution in [1.82, 2.24) is 4.72 Å². The lowest BCUT2D eigenvalue weighted by molar-refractivity contribution is 0.588. The van der Waals surface area contributed by atoms with E-state index in [1.54, 1.807) is 18.2 Å². The SMILES string of the molecule is CNS(=O)(=O)c1cccc(-c2cc(Cl)ccc2C)c1. The standard InChI is InChI=1S/C14H14ClNO2S/c1-10-6-7-12(15)9-14(10)11-4-3-5-13(8-11)19(17,18)16-2/h3-9,16H,1-2H3. The highest BCUT2D eigenvalue weighted by Gasteiger charge is 2.12. The molecule has 19 heavy (non-hydrogen) atoms. The van der Waals surface area contributed by atoms with Crippen molar-refractivity contribution in [2.75, 3.05) is 7.05 Å². The Morgan fingerprint density at radius 1 is 1.11 bits per heavy atom. The maximum atomic E-state index is 11.8. The molecule has 0 aliphatic carbocycles. The fourth-order valence-electron chi connectivity index (χ4n) is 1.85. The average molecular weight is 296 g/mol. The van der Waals surface area contributed by atoms with Gasteiger partial charge in [0.15, 0.2) is 0 Å². The van der Waals surface area contributed by atoms with Gasteiger partial charge in [-0.25, -0.2) is 13.1 Å².